The van der Waals surface area contributed by atoms with E-state index in [0.717, 1.165) is 26.9 Å². The van der Waals surface area contributed by atoms with Gasteiger partial charge in [0, 0.05) is 18.0 Å². The molecule has 0 radical (unpaired) electrons. The van der Waals surface area contributed by atoms with Crippen molar-refractivity contribution in [2.45, 2.75) is 17.9 Å². The van der Waals surface area contributed by atoms with E-state index < -0.39 is 0 Å². The summed E-state index contributed by atoms with van der Waals surface area (Å²) < 4.78 is 5.39. The molecule has 0 saturated carbocycles. The molecule has 0 aromatic heterocycles. The van der Waals surface area contributed by atoms with Crippen LogP contribution in [-0.4, -0.2) is 30.3 Å². The van der Waals surface area contributed by atoms with Crippen LogP contribution in [0.25, 0.3) is 0 Å². The summed E-state index contributed by atoms with van der Waals surface area (Å²) in [4.78, 5) is 24.1. The standard InChI is InChI=1S/C26H23N3O3S2/c1-16(17-7-5-4-6-8-17)27-26-29(18-9-11-19(30)12-10-18)24(31)23(34-26)25-28(2)21-15-20(32-3)13-14-22(21)33-25/h4-16,30H,1-3H3/b25-23-,27-26?/t16-/m1/s1. The number of aliphatic imine (C=N–C) groups is 1. The Morgan fingerprint density at radius 2 is 1.74 bits per heavy atom. The maximum Gasteiger partial charge on any atom is 0.274 e. The molecule has 3 aromatic carbocycles. The number of fused-ring (bicyclic) bond motifs is 1. The fourth-order valence-electron chi connectivity index (χ4n) is 3.84. The van der Waals surface area contributed by atoms with Crippen molar-refractivity contribution in [3.63, 3.8) is 0 Å². The lowest BCUT2D eigenvalue weighted by Gasteiger charge is -2.18. The summed E-state index contributed by atoms with van der Waals surface area (Å²) in [5, 5.41) is 11.2. The molecule has 0 spiro atoms. The molecule has 2 aliphatic heterocycles. The molecule has 3 aromatic rings. The maximum absolute atomic E-state index is 13.8. The summed E-state index contributed by atoms with van der Waals surface area (Å²) in [6, 6.07) is 22.4. The molecule has 5 rings (SSSR count). The van der Waals surface area contributed by atoms with Gasteiger partial charge in [-0.05, 0) is 60.6 Å². The number of phenolic OH excluding ortho intramolecular Hbond substituents is 1. The second-order valence-electron chi connectivity index (χ2n) is 7.89. The number of rotatable bonds is 4. The number of amidine groups is 1. The minimum Gasteiger partial charge on any atom is -0.508 e. The number of phenols is 1. The van der Waals surface area contributed by atoms with Crippen LogP contribution in [0.15, 0.2) is 92.6 Å². The highest BCUT2D eigenvalue weighted by Gasteiger charge is 2.40. The van der Waals surface area contributed by atoms with Crippen LogP contribution < -0.4 is 14.5 Å². The topological polar surface area (TPSA) is 65.4 Å². The van der Waals surface area contributed by atoms with E-state index in [9.17, 15) is 9.90 Å². The Morgan fingerprint density at radius 3 is 2.44 bits per heavy atom. The Morgan fingerprint density at radius 1 is 1.00 bits per heavy atom. The van der Waals surface area contributed by atoms with Crippen molar-refractivity contribution in [1.29, 1.82) is 0 Å². The highest BCUT2D eigenvalue weighted by molar-refractivity contribution is 8.20. The van der Waals surface area contributed by atoms with E-state index in [0.29, 0.717) is 15.8 Å². The first kappa shape index (κ1) is 22.4. The SMILES string of the molecule is COc1ccc2c(c1)N(C)/C(=C1/SC(=N[C@H](C)c3ccccc3)N(c3ccc(O)cc3)C1=O)S2. The van der Waals surface area contributed by atoms with Gasteiger partial charge in [-0.15, -0.1) is 0 Å². The van der Waals surface area contributed by atoms with E-state index in [1.807, 2.05) is 67.4 Å². The predicted molar refractivity (Wildman–Crippen MR) is 140 cm³/mol. The van der Waals surface area contributed by atoms with Crippen LogP contribution in [0.2, 0.25) is 0 Å². The molecule has 1 N–H and O–H groups in total. The van der Waals surface area contributed by atoms with Gasteiger partial charge in [0.1, 0.15) is 16.4 Å². The summed E-state index contributed by atoms with van der Waals surface area (Å²) in [7, 11) is 3.60. The van der Waals surface area contributed by atoms with Gasteiger partial charge in [-0.25, -0.2) is 0 Å². The second kappa shape index (κ2) is 9.12. The van der Waals surface area contributed by atoms with Gasteiger partial charge in [0.15, 0.2) is 5.17 Å². The molecule has 0 aliphatic carbocycles. The van der Waals surface area contributed by atoms with Crippen molar-refractivity contribution in [3.05, 3.63) is 88.3 Å². The van der Waals surface area contributed by atoms with Crippen LogP contribution in [0.3, 0.4) is 0 Å². The van der Waals surface area contributed by atoms with E-state index in [2.05, 4.69) is 0 Å². The van der Waals surface area contributed by atoms with Gasteiger partial charge in [0.2, 0.25) is 0 Å². The first-order valence-electron chi connectivity index (χ1n) is 10.7. The molecule has 1 amide bonds. The Balaban J connectivity index is 1.57. The lowest BCUT2D eigenvalue weighted by molar-refractivity contribution is -0.113. The lowest BCUT2D eigenvalue weighted by atomic mass is 10.1. The number of carbonyl (C=O) groups excluding carboxylic acids is 1. The lowest BCUT2D eigenvalue weighted by Crippen LogP contribution is -2.29. The summed E-state index contributed by atoms with van der Waals surface area (Å²) in [6.45, 7) is 2.02. The molecule has 1 fully saturated rings. The predicted octanol–water partition coefficient (Wildman–Crippen LogP) is 6.01. The number of amides is 1. The average molecular weight is 490 g/mol. The molecule has 8 heteroatoms. The van der Waals surface area contributed by atoms with E-state index in [-0.39, 0.29) is 17.7 Å². The van der Waals surface area contributed by atoms with Crippen molar-refractivity contribution in [1.82, 2.24) is 0 Å². The minimum absolute atomic E-state index is 0.129. The maximum atomic E-state index is 13.8. The average Bonchev–Trinajstić information content (AvgIpc) is 3.35. The Labute approximate surface area is 206 Å². The summed E-state index contributed by atoms with van der Waals surface area (Å²) in [5.74, 6) is 0.782. The van der Waals surface area contributed by atoms with Crippen LogP contribution >= 0.6 is 23.5 Å². The van der Waals surface area contributed by atoms with Crippen molar-refractivity contribution >= 4 is 46.0 Å². The fourth-order valence-corrected chi connectivity index (χ4v) is 6.23. The van der Waals surface area contributed by atoms with E-state index in [1.54, 1.807) is 48.0 Å². The van der Waals surface area contributed by atoms with E-state index in [1.165, 1.54) is 11.8 Å². The quantitative estimate of drug-likeness (QED) is 0.453. The number of aromatic hydroxyl groups is 1. The molecule has 34 heavy (non-hydrogen) atoms. The monoisotopic (exact) mass is 489 g/mol. The van der Waals surface area contributed by atoms with Gasteiger partial charge in [-0.3, -0.25) is 14.7 Å². The van der Waals surface area contributed by atoms with Gasteiger partial charge in [0.05, 0.1) is 29.6 Å². The van der Waals surface area contributed by atoms with Crippen LogP contribution in [0, 0.1) is 0 Å². The van der Waals surface area contributed by atoms with E-state index in [4.69, 9.17) is 9.73 Å². The minimum atomic E-state index is -0.135. The van der Waals surface area contributed by atoms with Gasteiger partial charge in [-0.2, -0.15) is 0 Å². The molecule has 6 nitrogen and oxygen atoms in total. The molecule has 0 unspecified atom stereocenters. The smallest absolute Gasteiger partial charge is 0.274 e. The number of benzene rings is 3. The highest BCUT2D eigenvalue weighted by atomic mass is 32.2. The van der Waals surface area contributed by atoms with Gasteiger partial charge >= 0.3 is 0 Å². The zero-order chi connectivity index (χ0) is 23.8. The zero-order valence-corrected chi connectivity index (χ0v) is 20.6. The van der Waals surface area contributed by atoms with Crippen LogP contribution in [0.1, 0.15) is 18.5 Å². The fraction of sp³-hybridized carbons (Fsp3) is 0.154. The third-order valence-corrected chi connectivity index (χ3v) is 8.12. The molecule has 0 bridgehead atoms. The van der Waals surface area contributed by atoms with Crippen LogP contribution in [-0.2, 0) is 4.79 Å². The second-order valence-corrected chi connectivity index (χ2v) is 9.89. The van der Waals surface area contributed by atoms with Gasteiger partial charge in [0.25, 0.3) is 5.91 Å². The number of nitrogens with zero attached hydrogens (tertiary/aromatic N) is 3. The zero-order valence-electron chi connectivity index (χ0n) is 18.9. The number of hydrogen-bond donors (Lipinski definition) is 1. The summed E-state index contributed by atoms with van der Waals surface area (Å²) in [5.41, 5.74) is 2.73. The normalized spacial score (nSPS) is 19.6. The van der Waals surface area contributed by atoms with Crippen LogP contribution in [0.4, 0.5) is 11.4 Å². The molecule has 2 aliphatic rings. The molecular weight excluding hydrogens is 466 g/mol. The van der Waals surface area contributed by atoms with Crippen molar-refractivity contribution in [2.75, 3.05) is 24.0 Å². The number of ether oxygens (including phenoxy) is 1. The van der Waals surface area contributed by atoms with Gasteiger partial charge < -0.3 is 14.7 Å². The van der Waals surface area contributed by atoms with Crippen LogP contribution in [0.5, 0.6) is 11.5 Å². The number of carbonyl (C=O) groups is 1. The van der Waals surface area contributed by atoms with Crippen molar-refractivity contribution in [2.24, 2.45) is 4.99 Å². The molecular formula is C26H23N3O3S2. The van der Waals surface area contributed by atoms with Crippen molar-refractivity contribution in [3.8, 4) is 11.5 Å². The summed E-state index contributed by atoms with van der Waals surface area (Å²) >= 11 is 2.95. The molecule has 1 atom stereocenters. The highest BCUT2D eigenvalue weighted by Crippen LogP contribution is 2.51. The van der Waals surface area contributed by atoms with Crippen molar-refractivity contribution < 1.29 is 14.6 Å². The largest absolute Gasteiger partial charge is 0.508 e. The third-order valence-electron chi connectivity index (χ3n) is 5.71. The Bertz CT molecular complexity index is 1310. The molecule has 1 saturated heterocycles. The Hall–Kier alpha value is -3.36. The number of thioether (sulfide) groups is 2. The summed E-state index contributed by atoms with van der Waals surface area (Å²) in [6.07, 6.45) is 0. The van der Waals surface area contributed by atoms with E-state index >= 15 is 0 Å². The Kier molecular flexibility index (Phi) is 6.02. The molecule has 172 valence electrons. The first-order chi connectivity index (χ1) is 16.5. The number of anilines is 2. The number of hydrogen-bond acceptors (Lipinski definition) is 7. The number of methoxy groups -OCH3 is 1. The first-order valence-corrected chi connectivity index (χ1v) is 12.4. The third kappa shape index (κ3) is 4.03. The molecule has 2 heterocycles. The van der Waals surface area contributed by atoms with Gasteiger partial charge in [-0.1, -0.05) is 42.1 Å².